The van der Waals surface area contributed by atoms with Crippen LogP contribution in [0.15, 0.2) is 22.7 Å². The van der Waals surface area contributed by atoms with Gasteiger partial charge in [0.2, 0.25) is 0 Å². The van der Waals surface area contributed by atoms with Crippen molar-refractivity contribution in [3.63, 3.8) is 0 Å². The number of halogens is 3. The highest BCUT2D eigenvalue weighted by Crippen LogP contribution is 2.27. The topological polar surface area (TPSA) is 30.7 Å². The van der Waals surface area contributed by atoms with Crippen LogP contribution in [-0.4, -0.2) is 14.8 Å². The van der Waals surface area contributed by atoms with E-state index in [0.717, 1.165) is 17.2 Å². The first-order valence-corrected chi connectivity index (χ1v) is 7.41. The third-order valence-corrected chi connectivity index (χ3v) is 3.69. The quantitative estimate of drug-likeness (QED) is 0.746. The summed E-state index contributed by atoms with van der Waals surface area (Å²) in [6, 6.07) is 5.09. The summed E-state index contributed by atoms with van der Waals surface area (Å²) in [5.74, 6) is 1.33. The van der Waals surface area contributed by atoms with Gasteiger partial charge in [-0.05, 0) is 48.0 Å². The van der Waals surface area contributed by atoms with Gasteiger partial charge in [0.25, 0.3) is 0 Å². The van der Waals surface area contributed by atoms with Crippen molar-refractivity contribution < 1.29 is 4.39 Å². The van der Waals surface area contributed by atoms with E-state index in [1.807, 2.05) is 4.57 Å². The first-order chi connectivity index (χ1) is 8.54. The van der Waals surface area contributed by atoms with Gasteiger partial charge in [-0.15, -0.1) is 10.2 Å². The Balaban J connectivity index is 2.56. The van der Waals surface area contributed by atoms with Crippen LogP contribution in [0.25, 0.3) is 11.4 Å². The molecule has 1 aromatic heterocycles. The second-order valence-electron chi connectivity index (χ2n) is 4.17. The zero-order valence-electron chi connectivity index (χ0n) is 9.99. The molecule has 1 heterocycles. The first kappa shape index (κ1) is 13.7. The van der Waals surface area contributed by atoms with Gasteiger partial charge in [-0.25, -0.2) is 4.39 Å². The van der Waals surface area contributed by atoms with Crippen LogP contribution in [0.2, 0.25) is 0 Å². The molecule has 0 spiro atoms. The predicted octanol–water partition coefficient (Wildman–Crippen LogP) is 4.32. The molecule has 96 valence electrons. The fourth-order valence-corrected chi connectivity index (χ4v) is 2.55. The van der Waals surface area contributed by atoms with Crippen LogP contribution in [0, 0.1) is 5.82 Å². The van der Waals surface area contributed by atoms with Crippen LogP contribution >= 0.6 is 31.9 Å². The predicted molar refractivity (Wildman–Crippen MR) is 76.1 cm³/mol. The minimum absolute atomic E-state index is 0.242. The largest absolute Gasteiger partial charge is 0.308 e. The summed E-state index contributed by atoms with van der Waals surface area (Å²) in [6.45, 7) is 4.13. The lowest BCUT2D eigenvalue weighted by molar-refractivity contribution is 0.585. The zero-order chi connectivity index (χ0) is 13.3. The second-order valence-corrected chi connectivity index (χ2v) is 5.58. The van der Waals surface area contributed by atoms with Crippen LogP contribution in [0.5, 0.6) is 0 Å². The maximum Gasteiger partial charge on any atom is 0.164 e. The van der Waals surface area contributed by atoms with E-state index >= 15 is 0 Å². The standard InChI is InChI=1S/C12H12Br2FN3/c1-7(2)18-11(6-13)16-17-12(18)8-3-4-10(15)9(14)5-8/h3-5,7H,6H2,1-2H3. The van der Waals surface area contributed by atoms with Gasteiger partial charge in [0.1, 0.15) is 11.6 Å². The molecule has 0 radical (unpaired) electrons. The normalized spacial score (nSPS) is 11.2. The summed E-state index contributed by atoms with van der Waals surface area (Å²) in [6.07, 6.45) is 0. The first-order valence-electron chi connectivity index (χ1n) is 5.49. The van der Waals surface area contributed by atoms with Gasteiger partial charge in [0.15, 0.2) is 5.82 Å². The van der Waals surface area contributed by atoms with Gasteiger partial charge in [0, 0.05) is 11.6 Å². The Hall–Kier alpha value is -0.750. The lowest BCUT2D eigenvalue weighted by Gasteiger charge is -2.13. The molecule has 2 aromatic rings. The monoisotopic (exact) mass is 375 g/mol. The molecule has 0 saturated heterocycles. The molecule has 0 fully saturated rings. The van der Waals surface area contributed by atoms with Crippen molar-refractivity contribution in [3.05, 3.63) is 34.3 Å². The second kappa shape index (κ2) is 5.48. The lowest BCUT2D eigenvalue weighted by atomic mass is 10.2. The van der Waals surface area contributed by atoms with Gasteiger partial charge in [0.05, 0.1) is 9.80 Å². The van der Waals surface area contributed by atoms with Crippen molar-refractivity contribution in [2.24, 2.45) is 0 Å². The van der Waals surface area contributed by atoms with E-state index in [2.05, 4.69) is 55.9 Å². The SMILES string of the molecule is CC(C)n1c(CBr)nnc1-c1ccc(F)c(Br)c1. The summed E-state index contributed by atoms with van der Waals surface area (Å²) >= 11 is 6.58. The number of hydrogen-bond acceptors (Lipinski definition) is 2. The van der Waals surface area contributed by atoms with E-state index in [0.29, 0.717) is 9.80 Å². The number of alkyl halides is 1. The van der Waals surface area contributed by atoms with Crippen molar-refractivity contribution >= 4 is 31.9 Å². The van der Waals surface area contributed by atoms with Crippen molar-refractivity contribution in [1.82, 2.24) is 14.8 Å². The van der Waals surface area contributed by atoms with Crippen LogP contribution in [0.4, 0.5) is 4.39 Å². The Morgan fingerprint density at radius 2 is 2.06 bits per heavy atom. The molecule has 0 bridgehead atoms. The minimum Gasteiger partial charge on any atom is -0.308 e. The highest BCUT2D eigenvalue weighted by Gasteiger charge is 2.16. The van der Waals surface area contributed by atoms with Crippen molar-refractivity contribution in [1.29, 1.82) is 0 Å². The third-order valence-electron chi connectivity index (χ3n) is 2.58. The zero-order valence-corrected chi connectivity index (χ0v) is 13.2. The average Bonchev–Trinajstić information content (AvgIpc) is 2.76. The highest BCUT2D eigenvalue weighted by molar-refractivity contribution is 9.10. The fourth-order valence-electron chi connectivity index (χ4n) is 1.79. The summed E-state index contributed by atoms with van der Waals surface area (Å²) in [4.78, 5) is 0. The van der Waals surface area contributed by atoms with Crippen LogP contribution in [0.1, 0.15) is 25.7 Å². The Kier molecular flexibility index (Phi) is 4.17. The Bertz CT molecular complexity index is 566. The molecule has 0 aliphatic rings. The maximum atomic E-state index is 13.2. The summed E-state index contributed by atoms with van der Waals surface area (Å²) in [7, 11) is 0. The molecule has 1 aromatic carbocycles. The van der Waals surface area contributed by atoms with Crippen molar-refractivity contribution in [2.75, 3.05) is 0 Å². The van der Waals surface area contributed by atoms with Crippen molar-refractivity contribution in [3.8, 4) is 11.4 Å². The smallest absolute Gasteiger partial charge is 0.164 e. The number of benzene rings is 1. The number of rotatable bonds is 3. The number of nitrogens with zero attached hydrogens (tertiary/aromatic N) is 3. The van der Waals surface area contributed by atoms with Crippen LogP contribution < -0.4 is 0 Å². The molecule has 3 nitrogen and oxygen atoms in total. The molecule has 0 unspecified atom stereocenters. The third kappa shape index (κ3) is 2.49. The molecule has 0 amide bonds. The van der Waals surface area contributed by atoms with Gasteiger partial charge in [-0.3, -0.25) is 0 Å². The van der Waals surface area contributed by atoms with E-state index in [1.165, 1.54) is 6.07 Å². The Labute approximate surface area is 122 Å². The Morgan fingerprint density at radius 3 is 2.61 bits per heavy atom. The van der Waals surface area contributed by atoms with Gasteiger partial charge in [-0.1, -0.05) is 15.9 Å². The molecule has 0 saturated carbocycles. The van der Waals surface area contributed by atoms with Gasteiger partial charge in [-0.2, -0.15) is 0 Å². The Morgan fingerprint density at radius 1 is 1.33 bits per heavy atom. The average molecular weight is 377 g/mol. The minimum atomic E-state index is -0.282. The van der Waals surface area contributed by atoms with E-state index in [1.54, 1.807) is 12.1 Å². The molecular weight excluding hydrogens is 365 g/mol. The van der Waals surface area contributed by atoms with Crippen molar-refractivity contribution in [2.45, 2.75) is 25.2 Å². The van der Waals surface area contributed by atoms with E-state index < -0.39 is 0 Å². The highest BCUT2D eigenvalue weighted by atomic mass is 79.9. The molecule has 0 N–H and O–H groups in total. The molecule has 2 rings (SSSR count). The molecular formula is C12H12Br2FN3. The lowest BCUT2D eigenvalue weighted by Crippen LogP contribution is -2.07. The van der Waals surface area contributed by atoms with Crippen LogP contribution in [-0.2, 0) is 5.33 Å². The van der Waals surface area contributed by atoms with E-state index in [9.17, 15) is 4.39 Å². The van der Waals surface area contributed by atoms with Gasteiger partial charge < -0.3 is 4.57 Å². The molecule has 18 heavy (non-hydrogen) atoms. The molecule has 6 heteroatoms. The number of hydrogen-bond donors (Lipinski definition) is 0. The fraction of sp³-hybridized carbons (Fsp3) is 0.333. The number of aromatic nitrogens is 3. The maximum absolute atomic E-state index is 13.2. The van der Waals surface area contributed by atoms with E-state index in [4.69, 9.17) is 0 Å². The summed E-state index contributed by atoms with van der Waals surface area (Å²) in [5.41, 5.74) is 0.844. The molecule has 0 aliphatic carbocycles. The molecule has 0 atom stereocenters. The summed E-state index contributed by atoms with van der Waals surface area (Å²) < 4.78 is 15.7. The summed E-state index contributed by atoms with van der Waals surface area (Å²) in [5, 5.41) is 8.97. The van der Waals surface area contributed by atoms with Gasteiger partial charge >= 0.3 is 0 Å². The van der Waals surface area contributed by atoms with Crippen LogP contribution in [0.3, 0.4) is 0 Å². The van der Waals surface area contributed by atoms with E-state index in [-0.39, 0.29) is 11.9 Å². The molecule has 0 aliphatic heterocycles.